The first-order valence-electron chi connectivity index (χ1n) is 9.01. The van der Waals surface area contributed by atoms with Gasteiger partial charge in [0, 0.05) is 22.5 Å². The van der Waals surface area contributed by atoms with E-state index < -0.39 is 5.97 Å². The average Bonchev–Trinajstić information content (AvgIpc) is 3.29. The van der Waals surface area contributed by atoms with Crippen molar-refractivity contribution in [2.24, 2.45) is 0 Å². The summed E-state index contributed by atoms with van der Waals surface area (Å²) in [6, 6.07) is 16.8. The lowest BCUT2D eigenvalue weighted by molar-refractivity contribution is -0.122. The first-order chi connectivity index (χ1) is 13.6. The molecule has 0 spiro atoms. The number of carbonyl (C=O) groups excluding carboxylic acids is 2. The van der Waals surface area contributed by atoms with Crippen molar-refractivity contribution in [3.05, 3.63) is 72.1 Å². The Morgan fingerprint density at radius 1 is 1.14 bits per heavy atom. The molecule has 0 bridgehead atoms. The van der Waals surface area contributed by atoms with Gasteiger partial charge in [0.25, 0.3) is 0 Å². The first-order valence-corrected chi connectivity index (χ1v) is 9.01. The minimum Gasteiger partial charge on any atom is -0.465 e. The fourth-order valence-electron chi connectivity index (χ4n) is 3.38. The smallest absolute Gasteiger partial charge is 0.340 e. The van der Waals surface area contributed by atoms with Crippen molar-refractivity contribution in [1.29, 1.82) is 0 Å². The van der Waals surface area contributed by atoms with Crippen molar-refractivity contribution >= 4 is 33.7 Å². The van der Waals surface area contributed by atoms with Gasteiger partial charge in [0.2, 0.25) is 5.91 Å². The van der Waals surface area contributed by atoms with Gasteiger partial charge in [0.1, 0.15) is 17.9 Å². The third-order valence-electron chi connectivity index (χ3n) is 4.76. The first kappa shape index (κ1) is 17.9. The van der Waals surface area contributed by atoms with Gasteiger partial charge in [-0.3, -0.25) is 4.79 Å². The van der Waals surface area contributed by atoms with E-state index in [2.05, 4.69) is 5.32 Å². The summed E-state index contributed by atoms with van der Waals surface area (Å²) < 4.78 is 12.4. The Morgan fingerprint density at radius 2 is 1.89 bits per heavy atom. The summed E-state index contributed by atoms with van der Waals surface area (Å²) in [7, 11) is 1.34. The number of carbonyl (C=O) groups is 2. The molecular weight excluding hydrogens is 356 g/mol. The number of furan rings is 1. The summed E-state index contributed by atoms with van der Waals surface area (Å²) >= 11 is 0. The summed E-state index contributed by atoms with van der Waals surface area (Å²) in [5.41, 5.74) is 2.03. The summed E-state index contributed by atoms with van der Waals surface area (Å²) in [6.45, 7) is 1.96. The molecule has 0 aliphatic heterocycles. The lowest BCUT2D eigenvalue weighted by Crippen LogP contribution is -2.29. The standard InChI is InChI=1S/C22H20N2O4/c1-14(20-11-15-7-3-6-10-19(15)28-20)23-21(25)13-24-12-17(22(26)27-2)16-8-4-5-9-18(16)24/h3-12,14H,13H2,1-2H3,(H,23,25). The minimum atomic E-state index is -0.425. The molecule has 4 rings (SSSR count). The van der Waals surface area contributed by atoms with Crippen LogP contribution in [0.5, 0.6) is 0 Å². The molecule has 0 saturated heterocycles. The van der Waals surface area contributed by atoms with Crippen LogP contribution in [0.3, 0.4) is 0 Å². The van der Waals surface area contributed by atoms with E-state index in [0.717, 1.165) is 21.9 Å². The van der Waals surface area contributed by atoms with Crippen LogP contribution in [-0.4, -0.2) is 23.6 Å². The Kier molecular flexibility index (Phi) is 4.61. The van der Waals surface area contributed by atoms with E-state index in [9.17, 15) is 9.59 Å². The number of esters is 1. The molecule has 0 saturated carbocycles. The second-order valence-electron chi connectivity index (χ2n) is 6.66. The van der Waals surface area contributed by atoms with Crippen LogP contribution in [0.25, 0.3) is 21.9 Å². The highest BCUT2D eigenvalue weighted by atomic mass is 16.5. The zero-order chi connectivity index (χ0) is 19.7. The molecule has 142 valence electrons. The maximum atomic E-state index is 12.6. The van der Waals surface area contributed by atoms with Crippen LogP contribution < -0.4 is 5.32 Å². The third kappa shape index (κ3) is 3.24. The molecule has 6 heteroatoms. The Balaban J connectivity index is 1.54. The molecule has 2 aromatic carbocycles. The van der Waals surface area contributed by atoms with Gasteiger partial charge in [-0.05, 0) is 25.1 Å². The zero-order valence-electron chi connectivity index (χ0n) is 15.6. The normalized spacial score (nSPS) is 12.2. The van der Waals surface area contributed by atoms with E-state index in [0.29, 0.717) is 11.3 Å². The summed E-state index contributed by atoms with van der Waals surface area (Å²) in [4.78, 5) is 24.6. The van der Waals surface area contributed by atoms with Crippen LogP contribution in [0.15, 0.2) is 65.2 Å². The van der Waals surface area contributed by atoms with Gasteiger partial charge in [-0.2, -0.15) is 0 Å². The second kappa shape index (κ2) is 7.23. The van der Waals surface area contributed by atoms with Crippen LogP contribution >= 0.6 is 0 Å². The van der Waals surface area contributed by atoms with Crippen LogP contribution in [0, 0.1) is 0 Å². The molecule has 0 aliphatic carbocycles. The highest BCUT2D eigenvalue weighted by molar-refractivity contribution is 6.04. The van der Waals surface area contributed by atoms with Crippen LogP contribution in [0.2, 0.25) is 0 Å². The van der Waals surface area contributed by atoms with Crippen molar-refractivity contribution in [3.63, 3.8) is 0 Å². The van der Waals surface area contributed by atoms with E-state index >= 15 is 0 Å². The molecule has 2 heterocycles. The topological polar surface area (TPSA) is 73.5 Å². The molecule has 0 aliphatic rings. The Labute approximate surface area is 161 Å². The van der Waals surface area contributed by atoms with Crippen molar-refractivity contribution < 1.29 is 18.7 Å². The van der Waals surface area contributed by atoms with E-state index in [1.807, 2.05) is 61.5 Å². The maximum absolute atomic E-state index is 12.6. The number of methoxy groups -OCH3 is 1. The molecule has 4 aromatic rings. The van der Waals surface area contributed by atoms with Gasteiger partial charge in [0.05, 0.1) is 18.7 Å². The zero-order valence-corrected chi connectivity index (χ0v) is 15.6. The quantitative estimate of drug-likeness (QED) is 0.533. The van der Waals surface area contributed by atoms with Gasteiger partial charge < -0.3 is 19.0 Å². The van der Waals surface area contributed by atoms with Crippen LogP contribution in [0.1, 0.15) is 29.1 Å². The van der Waals surface area contributed by atoms with Gasteiger partial charge in [-0.1, -0.05) is 36.4 Å². The number of benzene rings is 2. The number of hydrogen-bond donors (Lipinski definition) is 1. The number of nitrogens with one attached hydrogen (secondary N) is 1. The molecule has 6 nitrogen and oxygen atoms in total. The van der Waals surface area contributed by atoms with Gasteiger partial charge in [-0.15, -0.1) is 0 Å². The van der Waals surface area contributed by atoms with Crippen LogP contribution in [0.4, 0.5) is 0 Å². The SMILES string of the molecule is COC(=O)c1cn(CC(=O)NC(C)c2cc3ccccc3o2)c2ccccc12. The van der Waals surface area contributed by atoms with Crippen molar-refractivity contribution in [2.45, 2.75) is 19.5 Å². The molecule has 2 aromatic heterocycles. The van der Waals surface area contributed by atoms with Gasteiger partial charge in [-0.25, -0.2) is 4.79 Å². The van der Waals surface area contributed by atoms with Gasteiger partial charge in [0.15, 0.2) is 0 Å². The van der Waals surface area contributed by atoms with E-state index in [4.69, 9.17) is 9.15 Å². The average molecular weight is 376 g/mol. The summed E-state index contributed by atoms with van der Waals surface area (Å²) in [5, 5.41) is 4.71. The summed E-state index contributed by atoms with van der Waals surface area (Å²) in [5.74, 6) is 0.0956. The Bertz CT molecular complexity index is 1140. The molecule has 0 fully saturated rings. The molecular formula is C22H20N2O4. The second-order valence-corrected chi connectivity index (χ2v) is 6.66. The molecule has 1 unspecified atom stereocenters. The number of nitrogens with zero attached hydrogens (tertiary/aromatic N) is 1. The van der Waals surface area contributed by atoms with Crippen molar-refractivity contribution in [1.82, 2.24) is 9.88 Å². The Morgan fingerprint density at radius 3 is 2.68 bits per heavy atom. The van der Waals surface area contributed by atoms with E-state index in [1.54, 1.807) is 10.8 Å². The molecule has 0 radical (unpaired) electrons. The number of rotatable bonds is 5. The van der Waals surface area contributed by atoms with Crippen LogP contribution in [-0.2, 0) is 16.1 Å². The number of hydrogen-bond acceptors (Lipinski definition) is 4. The monoisotopic (exact) mass is 376 g/mol. The fraction of sp³-hybridized carbons (Fsp3) is 0.182. The molecule has 1 atom stereocenters. The number of ether oxygens (including phenoxy) is 1. The fourth-order valence-corrected chi connectivity index (χ4v) is 3.38. The molecule has 1 amide bonds. The van der Waals surface area contributed by atoms with Crippen molar-refractivity contribution in [3.8, 4) is 0 Å². The van der Waals surface area contributed by atoms with Gasteiger partial charge >= 0.3 is 5.97 Å². The van der Waals surface area contributed by atoms with Crippen molar-refractivity contribution in [2.75, 3.05) is 7.11 Å². The molecule has 28 heavy (non-hydrogen) atoms. The largest absolute Gasteiger partial charge is 0.465 e. The maximum Gasteiger partial charge on any atom is 0.340 e. The number of fused-ring (bicyclic) bond motifs is 2. The van der Waals surface area contributed by atoms with E-state index in [1.165, 1.54) is 7.11 Å². The van der Waals surface area contributed by atoms with E-state index in [-0.39, 0.29) is 18.5 Å². The predicted octanol–water partition coefficient (Wildman–Crippen LogP) is 4.05. The third-order valence-corrected chi connectivity index (χ3v) is 4.76. The molecule has 1 N–H and O–H groups in total. The number of aromatic nitrogens is 1. The number of para-hydroxylation sites is 2. The highest BCUT2D eigenvalue weighted by Gasteiger charge is 2.18. The lowest BCUT2D eigenvalue weighted by atomic mass is 10.2. The Hall–Kier alpha value is -3.54. The summed E-state index contributed by atoms with van der Waals surface area (Å²) in [6.07, 6.45) is 1.65. The minimum absolute atomic E-state index is 0.0854. The highest BCUT2D eigenvalue weighted by Crippen LogP contribution is 2.24. The number of amides is 1. The lowest BCUT2D eigenvalue weighted by Gasteiger charge is -2.12. The predicted molar refractivity (Wildman–Crippen MR) is 106 cm³/mol.